The number of aromatic nitrogens is 3. The molecule has 0 aliphatic heterocycles. The molecule has 0 radical (unpaired) electrons. The van der Waals surface area contributed by atoms with Crippen molar-refractivity contribution in [2.45, 2.75) is 38.6 Å². The van der Waals surface area contributed by atoms with Gasteiger partial charge in [0.05, 0.1) is 18.2 Å². The molecule has 0 bridgehead atoms. The molecule has 0 saturated heterocycles. The van der Waals surface area contributed by atoms with Gasteiger partial charge in [0.2, 0.25) is 0 Å². The van der Waals surface area contributed by atoms with Crippen LogP contribution < -0.4 is 5.73 Å². The minimum Gasteiger partial charge on any atom is -0.384 e. The summed E-state index contributed by atoms with van der Waals surface area (Å²) in [4.78, 5) is 8.38. The van der Waals surface area contributed by atoms with Gasteiger partial charge < -0.3 is 10.3 Å². The van der Waals surface area contributed by atoms with Gasteiger partial charge in [-0.25, -0.2) is 9.97 Å². The number of imidazole rings is 1. The van der Waals surface area contributed by atoms with E-state index in [2.05, 4.69) is 21.5 Å². The van der Waals surface area contributed by atoms with Crippen LogP contribution >= 0.6 is 0 Å². The zero-order valence-corrected chi connectivity index (χ0v) is 11.3. The van der Waals surface area contributed by atoms with Crippen LogP contribution in [0, 0.1) is 5.92 Å². The molecule has 4 nitrogen and oxygen atoms in total. The van der Waals surface area contributed by atoms with Crippen molar-refractivity contribution in [3.8, 4) is 11.3 Å². The third kappa shape index (κ3) is 2.62. The molecular formula is C15H20N4. The van der Waals surface area contributed by atoms with Crippen LogP contribution in [0.1, 0.15) is 38.6 Å². The summed E-state index contributed by atoms with van der Waals surface area (Å²) in [5.41, 5.74) is 8.01. The number of nitrogen functional groups attached to an aromatic ring is 1. The largest absolute Gasteiger partial charge is 0.384 e. The van der Waals surface area contributed by atoms with E-state index in [0.29, 0.717) is 11.9 Å². The molecule has 2 aromatic rings. The van der Waals surface area contributed by atoms with E-state index in [1.807, 2.05) is 24.7 Å². The molecule has 1 fully saturated rings. The highest BCUT2D eigenvalue weighted by Crippen LogP contribution is 2.39. The van der Waals surface area contributed by atoms with Crippen molar-refractivity contribution in [1.82, 2.24) is 14.5 Å². The van der Waals surface area contributed by atoms with Crippen molar-refractivity contribution >= 4 is 5.82 Å². The van der Waals surface area contributed by atoms with Crippen LogP contribution in [0.4, 0.5) is 5.82 Å². The predicted octanol–water partition coefficient (Wildman–Crippen LogP) is 3.28. The Morgan fingerprint density at radius 1 is 1.47 bits per heavy atom. The molecule has 19 heavy (non-hydrogen) atoms. The molecule has 3 rings (SSSR count). The van der Waals surface area contributed by atoms with Crippen LogP contribution in [0.15, 0.2) is 30.9 Å². The summed E-state index contributed by atoms with van der Waals surface area (Å²) in [7, 11) is 0. The summed E-state index contributed by atoms with van der Waals surface area (Å²) in [5.74, 6) is 1.48. The number of rotatable bonds is 5. The fourth-order valence-corrected chi connectivity index (χ4v) is 2.64. The maximum atomic E-state index is 5.77. The van der Waals surface area contributed by atoms with Gasteiger partial charge in [-0.05, 0) is 30.9 Å². The lowest BCUT2D eigenvalue weighted by molar-refractivity contribution is 0.431. The van der Waals surface area contributed by atoms with Crippen LogP contribution in [0.5, 0.6) is 0 Å². The molecule has 1 aliphatic carbocycles. The van der Waals surface area contributed by atoms with Crippen molar-refractivity contribution in [2.24, 2.45) is 5.92 Å². The Balaban J connectivity index is 1.92. The van der Waals surface area contributed by atoms with Crippen molar-refractivity contribution in [1.29, 1.82) is 0 Å². The Kier molecular flexibility index (Phi) is 3.23. The quantitative estimate of drug-likeness (QED) is 0.893. The third-order valence-corrected chi connectivity index (χ3v) is 3.91. The van der Waals surface area contributed by atoms with Crippen LogP contribution in [-0.4, -0.2) is 14.5 Å². The lowest BCUT2D eigenvalue weighted by Crippen LogP contribution is -2.09. The van der Waals surface area contributed by atoms with E-state index in [4.69, 9.17) is 5.73 Å². The molecule has 2 aromatic heterocycles. The maximum absolute atomic E-state index is 5.77. The highest BCUT2D eigenvalue weighted by atomic mass is 15.1. The van der Waals surface area contributed by atoms with Gasteiger partial charge in [0.1, 0.15) is 5.82 Å². The van der Waals surface area contributed by atoms with Crippen LogP contribution in [-0.2, 0) is 0 Å². The fourth-order valence-electron chi connectivity index (χ4n) is 2.64. The maximum Gasteiger partial charge on any atom is 0.123 e. The van der Waals surface area contributed by atoms with Crippen LogP contribution in [0.25, 0.3) is 11.3 Å². The number of pyridine rings is 1. The van der Waals surface area contributed by atoms with E-state index in [9.17, 15) is 0 Å². The molecule has 0 amide bonds. The molecule has 0 spiro atoms. The molecule has 100 valence electrons. The van der Waals surface area contributed by atoms with Crippen LogP contribution in [0.3, 0.4) is 0 Å². The van der Waals surface area contributed by atoms with Gasteiger partial charge in [-0.1, -0.05) is 19.8 Å². The van der Waals surface area contributed by atoms with E-state index < -0.39 is 0 Å². The summed E-state index contributed by atoms with van der Waals surface area (Å²) in [6.45, 7) is 2.25. The fraction of sp³-hybridized carbons (Fsp3) is 0.467. The van der Waals surface area contributed by atoms with Crippen molar-refractivity contribution in [2.75, 3.05) is 5.73 Å². The molecule has 2 heterocycles. The van der Waals surface area contributed by atoms with E-state index in [1.165, 1.54) is 19.3 Å². The number of anilines is 1. The van der Waals surface area contributed by atoms with Crippen molar-refractivity contribution in [3.63, 3.8) is 0 Å². The Morgan fingerprint density at radius 3 is 3.00 bits per heavy atom. The first kappa shape index (κ1) is 12.2. The molecule has 1 atom stereocenters. The minimum absolute atomic E-state index is 0.541. The average Bonchev–Trinajstić information content (AvgIpc) is 3.10. The van der Waals surface area contributed by atoms with E-state index in [-0.39, 0.29) is 0 Å². The molecule has 1 saturated carbocycles. The Hall–Kier alpha value is -1.84. The summed E-state index contributed by atoms with van der Waals surface area (Å²) < 4.78 is 2.30. The van der Waals surface area contributed by atoms with Gasteiger partial charge in [-0.3, -0.25) is 0 Å². The second kappa shape index (κ2) is 5.03. The summed E-state index contributed by atoms with van der Waals surface area (Å²) >= 11 is 0. The lowest BCUT2D eigenvalue weighted by Gasteiger charge is -2.19. The SMILES string of the molecule is CCC(CC1CC1)n1cncc1-c1ccnc(N)c1. The van der Waals surface area contributed by atoms with Gasteiger partial charge in [-0.15, -0.1) is 0 Å². The Bertz CT molecular complexity index is 557. The van der Waals surface area contributed by atoms with Gasteiger partial charge in [0.15, 0.2) is 0 Å². The highest BCUT2D eigenvalue weighted by molar-refractivity contribution is 5.61. The number of nitrogens with two attached hydrogens (primary N) is 1. The Morgan fingerprint density at radius 2 is 2.32 bits per heavy atom. The van der Waals surface area contributed by atoms with Crippen molar-refractivity contribution in [3.05, 3.63) is 30.9 Å². The van der Waals surface area contributed by atoms with E-state index in [0.717, 1.165) is 23.6 Å². The summed E-state index contributed by atoms with van der Waals surface area (Å²) in [6.07, 6.45) is 10.8. The zero-order chi connectivity index (χ0) is 13.2. The monoisotopic (exact) mass is 256 g/mol. The van der Waals surface area contributed by atoms with Gasteiger partial charge in [0.25, 0.3) is 0 Å². The van der Waals surface area contributed by atoms with Crippen molar-refractivity contribution < 1.29 is 0 Å². The lowest BCUT2D eigenvalue weighted by atomic mass is 10.1. The van der Waals surface area contributed by atoms with Gasteiger partial charge >= 0.3 is 0 Å². The first-order chi connectivity index (χ1) is 9.28. The number of hydrogen-bond acceptors (Lipinski definition) is 3. The second-order valence-corrected chi connectivity index (χ2v) is 5.40. The van der Waals surface area contributed by atoms with Crippen LogP contribution in [0.2, 0.25) is 0 Å². The second-order valence-electron chi connectivity index (χ2n) is 5.40. The summed E-state index contributed by atoms with van der Waals surface area (Å²) in [5, 5.41) is 0. The molecular weight excluding hydrogens is 236 g/mol. The highest BCUT2D eigenvalue weighted by Gasteiger charge is 2.26. The first-order valence-corrected chi connectivity index (χ1v) is 7.01. The molecule has 1 aliphatic rings. The average molecular weight is 256 g/mol. The molecule has 4 heteroatoms. The van der Waals surface area contributed by atoms with E-state index >= 15 is 0 Å². The third-order valence-electron chi connectivity index (χ3n) is 3.91. The van der Waals surface area contributed by atoms with Gasteiger partial charge in [0, 0.05) is 17.8 Å². The molecule has 0 aromatic carbocycles. The number of nitrogens with zero attached hydrogens (tertiary/aromatic N) is 3. The van der Waals surface area contributed by atoms with E-state index in [1.54, 1.807) is 6.20 Å². The molecule has 2 N–H and O–H groups in total. The number of hydrogen-bond donors (Lipinski definition) is 1. The smallest absolute Gasteiger partial charge is 0.123 e. The first-order valence-electron chi connectivity index (χ1n) is 7.01. The zero-order valence-electron chi connectivity index (χ0n) is 11.3. The normalized spacial score (nSPS) is 16.5. The Labute approximate surface area is 113 Å². The standard InChI is InChI=1S/C15H20N4/c1-2-13(7-11-3-4-11)19-10-17-9-14(19)12-5-6-18-15(16)8-12/h5-6,8-11,13H,2-4,7H2,1H3,(H2,16,18). The predicted molar refractivity (Wildman–Crippen MR) is 76.5 cm³/mol. The molecule has 1 unspecified atom stereocenters. The summed E-state index contributed by atoms with van der Waals surface area (Å²) in [6, 6.07) is 4.45. The van der Waals surface area contributed by atoms with Gasteiger partial charge in [-0.2, -0.15) is 0 Å². The minimum atomic E-state index is 0.541. The topological polar surface area (TPSA) is 56.7 Å².